The molecule has 0 fully saturated rings. The Morgan fingerprint density at radius 3 is 2.70 bits per heavy atom. The molecule has 4 nitrogen and oxygen atoms in total. The van der Waals surface area contributed by atoms with Gasteiger partial charge in [-0.2, -0.15) is 0 Å². The number of rotatable bonds is 6. The third-order valence-corrected chi connectivity index (χ3v) is 4.98. The zero-order chi connectivity index (χ0) is 17.0. The molecule has 1 N–H and O–H groups in total. The number of carbonyl (C=O) groups is 2. The zero-order valence-electron chi connectivity index (χ0n) is 14.5. The lowest BCUT2D eigenvalue weighted by molar-refractivity contribution is -0.146. The minimum atomic E-state index is -0.573. The van der Waals surface area contributed by atoms with Crippen LogP contribution in [0.5, 0.6) is 0 Å². The van der Waals surface area contributed by atoms with Crippen LogP contribution < -0.4 is 5.32 Å². The molecule has 0 saturated heterocycles. The minimum Gasteiger partial charge on any atom is -0.467 e. The van der Waals surface area contributed by atoms with Crippen LogP contribution in [0.4, 0.5) is 0 Å². The number of carbonyl (C=O) groups excluding carboxylic acids is 2. The van der Waals surface area contributed by atoms with E-state index in [0.717, 1.165) is 31.2 Å². The van der Waals surface area contributed by atoms with Gasteiger partial charge in [-0.15, -0.1) is 0 Å². The van der Waals surface area contributed by atoms with Crippen molar-refractivity contribution in [1.82, 2.24) is 5.32 Å². The second-order valence-electron chi connectivity index (χ2n) is 6.37. The van der Waals surface area contributed by atoms with Gasteiger partial charge in [0.15, 0.2) is 0 Å². The van der Waals surface area contributed by atoms with E-state index in [9.17, 15) is 9.59 Å². The maximum Gasteiger partial charge on any atom is 0.328 e. The minimum absolute atomic E-state index is 0.0502. The van der Waals surface area contributed by atoms with Crippen molar-refractivity contribution in [2.45, 2.75) is 58.4 Å². The summed E-state index contributed by atoms with van der Waals surface area (Å²) in [6.07, 6.45) is 3.49. The molecule has 23 heavy (non-hydrogen) atoms. The number of hydrogen-bond donors (Lipinski definition) is 1. The van der Waals surface area contributed by atoms with Gasteiger partial charge in [0.2, 0.25) is 5.91 Å². The zero-order valence-corrected chi connectivity index (χ0v) is 14.5. The number of amides is 1. The number of aryl methyl sites for hydroxylation is 2. The summed E-state index contributed by atoms with van der Waals surface area (Å²) >= 11 is 0. The van der Waals surface area contributed by atoms with E-state index in [1.54, 1.807) is 0 Å². The monoisotopic (exact) mass is 317 g/mol. The summed E-state index contributed by atoms with van der Waals surface area (Å²) < 4.78 is 4.85. The van der Waals surface area contributed by atoms with Crippen molar-refractivity contribution in [1.29, 1.82) is 0 Å². The van der Waals surface area contributed by atoms with Crippen molar-refractivity contribution in [2.24, 2.45) is 5.92 Å². The normalized spacial score (nSPS) is 18.9. The Morgan fingerprint density at radius 2 is 2.09 bits per heavy atom. The number of benzene rings is 1. The van der Waals surface area contributed by atoms with Crippen molar-refractivity contribution in [2.75, 3.05) is 7.11 Å². The largest absolute Gasteiger partial charge is 0.467 e. The van der Waals surface area contributed by atoms with Crippen molar-refractivity contribution in [3.63, 3.8) is 0 Å². The molecule has 1 aromatic carbocycles. The molecule has 1 aliphatic rings. The second-order valence-corrected chi connectivity index (χ2v) is 6.37. The van der Waals surface area contributed by atoms with Crippen LogP contribution in [0.25, 0.3) is 0 Å². The summed E-state index contributed by atoms with van der Waals surface area (Å²) in [6, 6.07) is 5.84. The fraction of sp³-hybridized carbons (Fsp3) is 0.579. The highest BCUT2D eigenvalue weighted by molar-refractivity contribution is 5.89. The molecule has 1 aromatic rings. The van der Waals surface area contributed by atoms with Gasteiger partial charge in [-0.05, 0) is 41.9 Å². The second kappa shape index (κ2) is 7.62. The Balaban J connectivity index is 2.17. The lowest BCUT2D eigenvalue weighted by Gasteiger charge is -2.24. The molecule has 0 radical (unpaired) electrons. The molecule has 126 valence electrons. The molecule has 1 unspecified atom stereocenters. The van der Waals surface area contributed by atoms with Crippen molar-refractivity contribution in [3.8, 4) is 0 Å². The highest BCUT2D eigenvalue weighted by Crippen LogP contribution is 2.34. The van der Waals surface area contributed by atoms with Crippen LogP contribution in [0.3, 0.4) is 0 Å². The lowest BCUT2D eigenvalue weighted by Crippen LogP contribution is -2.47. The number of fused-ring (bicyclic) bond motifs is 1. The van der Waals surface area contributed by atoms with Crippen LogP contribution in [-0.4, -0.2) is 25.0 Å². The topological polar surface area (TPSA) is 55.4 Å². The number of esters is 1. The smallest absolute Gasteiger partial charge is 0.328 e. The van der Waals surface area contributed by atoms with E-state index in [2.05, 4.69) is 30.4 Å². The summed E-state index contributed by atoms with van der Waals surface area (Å²) in [6.45, 7) is 6.08. The predicted octanol–water partition coefficient (Wildman–Crippen LogP) is 2.98. The third kappa shape index (κ3) is 3.74. The van der Waals surface area contributed by atoms with Gasteiger partial charge in [0.05, 0.1) is 13.0 Å². The highest BCUT2D eigenvalue weighted by Gasteiger charge is 2.33. The van der Waals surface area contributed by atoms with E-state index in [1.807, 2.05) is 13.8 Å². The number of hydrogen-bond acceptors (Lipinski definition) is 3. The fourth-order valence-corrected chi connectivity index (χ4v) is 3.19. The van der Waals surface area contributed by atoms with Crippen LogP contribution in [0, 0.1) is 5.92 Å². The number of nitrogens with one attached hydrogen (secondary N) is 1. The van der Waals surface area contributed by atoms with Crippen LogP contribution in [-0.2, 0) is 27.2 Å². The van der Waals surface area contributed by atoms with Crippen LogP contribution in [0.2, 0.25) is 0 Å². The average Bonchev–Trinajstić information content (AvgIpc) is 3.01. The molecule has 0 heterocycles. The molecule has 0 aromatic heterocycles. The van der Waals surface area contributed by atoms with E-state index in [0.29, 0.717) is 0 Å². The summed E-state index contributed by atoms with van der Waals surface area (Å²) in [5, 5.41) is 2.93. The third-order valence-electron chi connectivity index (χ3n) is 4.98. The van der Waals surface area contributed by atoms with Crippen molar-refractivity contribution < 1.29 is 14.3 Å². The number of methoxy groups -OCH3 is 1. The molecule has 4 heteroatoms. The van der Waals surface area contributed by atoms with Gasteiger partial charge in [-0.3, -0.25) is 4.79 Å². The molecule has 2 rings (SSSR count). The SMILES string of the molecule is CCc1ccc2c(c1)C(C(=O)N[C@H](C(=O)OC)[C@@H](C)CC)CC2. The Hall–Kier alpha value is -1.84. The molecular weight excluding hydrogens is 290 g/mol. The Morgan fingerprint density at radius 1 is 1.35 bits per heavy atom. The summed E-state index contributed by atoms with van der Waals surface area (Å²) in [7, 11) is 1.36. The van der Waals surface area contributed by atoms with Gasteiger partial charge in [-0.1, -0.05) is 45.4 Å². The van der Waals surface area contributed by atoms with Crippen LogP contribution >= 0.6 is 0 Å². The molecule has 1 aliphatic carbocycles. The maximum absolute atomic E-state index is 12.7. The fourth-order valence-electron chi connectivity index (χ4n) is 3.19. The summed E-state index contributed by atoms with van der Waals surface area (Å²) in [4.78, 5) is 24.7. The van der Waals surface area contributed by atoms with Gasteiger partial charge in [0, 0.05) is 0 Å². The summed E-state index contributed by atoms with van der Waals surface area (Å²) in [5.41, 5.74) is 3.62. The van der Waals surface area contributed by atoms with E-state index in [-0.39, 0.29) is 23.7 Å². The van der Waals surface area contributed by atoms with Crippen molar-refractivity contribution in [3.05, 3.63) is 34.9 Å². The van der Waals surface area contributed by atoms with E-state index >= 15 is 0 Å². The first-order chi connectivity index (χ1) is 11.0. The predicted molar refractivity (Wildman–Crippen MR) is 90.3 cm³/mol. The molecule has 0 aliphatic heterocycles. The first-order valence-electron chi connectivity index (χ1n) is 8.51. The van der Waals surface area contributed by atoms with E-state index in [4.69, 9.17) is 4.74 Å². The number of ether oxygens (including phenoxy) is 1. The van der Waals surface area contributed by atoms with E-state index in [1.165, 1.54) is 18.2 Å². The van der Waals surface area contributed by atoms with Gasteiger partial charge in [-0.25, -0.2) is 4.79 Å². The first-order valence-corrected chi connectivity index (χ1v) is 8.51. The van der Waals surface area contributed by atoms with Gasteiger partial charge >= 0.3 is 5.97 Å². The lowest BCUT2D eigenvalue weighted by atomic mass is 9.95. The summed E-state index contributed by atoms with van der Waals surface area (Å²) in [5.74, 6) is -0.539. The molecular formula is C19H27NO3. The van der Waals surface area contributed by atoms with Crippen LogP contribution in [0.15, 0.2) is 18.2 Å². The van der Waals surface area contributed by atoms with Gasteiger partial charge in [0.25, 0.3) is 0 Å². The van der Waals surface area contributed by atoms with Gasteiger partial charge < -0.3 is 10.1 Å². The maximum atomic E-state index is 12.7. The highest BCUT2D eigenvalue weighted by atomic mass is 16.5. The first kappa shape index (κ1) is 17.5. The molecule has 1 amide bonds. The Labute approximate surface area is 138 Å². The van der Waals surface area contributed by atoms with Crippen molar-refractivity contribution >= 4 is 11.9 Å². The Bertz CT molecular complexity index is 582. The molecule has 3 atom stereocenters. The standard InChI is InChI=1S/C19H27NO3/c1-5-12(3)17(19(22)23-4)20-18(21)15-10-9-14-8-7-13(6-2)11-16(14)15/h7-8,11-12,15,17H,5-6,9-10H2,1-4H3,(H,20,21)/t12-,15?,17-/m0/s1. The molecule has 0 spiro atoms. The quantitative estimate of drug-likeness (QED) is 0.821. The van der Waals surface area contributed by atoms with E-state index < -0.39 is 6.04 Å². The Kier molecular flexibility index (Phi) is 5.80. The average molecular weight is 317 g/mol. The molecule has 0 bridgehead atoms. The molecule has 0 saturated carbocycles. The van der Waals surface area contributed by atoms with Gasteiger partial charge in [0.1, 0.15) is 6.04 Å². The van der Waals surface area contributed by atoms with Crippen LogP contribution in [0.1, 0.15) is 56.2 Å².